The first-order chi connectivity index (χ1) is 7.59. The summed E-state index contributed by atoms with van der Waals surface area (Å²) in [5, 5.41) is 0. The van der Waals surface area contributed by atoms with Crippen molar-refractivity contribution in [3.05, 3.63) is 42.7 Å². The SMILES string of the molecule is O=S(=O)(O)c1ccccc1-c1ncccn1. The monoisotopic (exact) mass is 236 g/mol. The van der Waals surface area contributed by atoms with Crippen molar-refractivity contribution in [2.24, 2.45) is 0 Å². The zero-order chi connectivity index (χ0) is 11.6. The highest BCUT2D eigenvalue weighted by molar-refractivity contribution is 7.86. The van der Waals surface area contributed by atoms with Gasteiger partial charge in [0.15, 0.2) is 5.82 Å². The lowest BCUT2D eigenvalue weighted by Crippen LogP contribution is -2.01. The minimum absolute atomic E-state index is 0.193. The van der Waals surface area contributed by atoms with E-state index in [1.54, 1.807) is 18.2 Å². The minimum Gasteiger partial charge on any atom is -0.282 e. The van der Waals surface area contributed by atoms with Crippen molar-refractivity contribution < 1.29 is 13.0 Å². The first kappa shape index (κ1) is 10.7. The molecule has 1 heterocycles. The summed E-state index contributed by atoms with van der Waals surface area (Å²) in [7, 11) is -4.26. The van der Waals surface area contributed by atoms with E-state index in [4.69, 9.17) is 4.55 Å². The lowest BCUT2D eigenvalue weighted by Gasteiger charge is -2.04. The van der Waals surface area contributed by atoms with Crippen LogP contribution < -0.4 is 0 Å². The van der Waals surface area contributed by atoms with E-state index in [0.29, 0.717) is 0 Å². The van der Waals surface area contributed by atoms with Crippen LogP contribution in [0.4, 0.5) is 0 Å². The number of hydrogen-bond acceptors (Lipinski definition) is 4. The molecule has 6 heteroatoms. The van der Waals surface area contributed by atoms with Crippen LogP contribution in [0.5, 0.6) is 0 Å². The molecule has 0 amide bonds. The average Bonchev–Trinajstić information content (AvgIpc) is 2.29. The van der Waals surface area contributed by atoms with Gasteiger partial charge >= 0.3 is 0 Å². The highest BCUT2D eigenvalue weighted by atomic mass is 32.2. The molecule has 0 unspecified atom stereocenters. The Balaban J connectivity index is 2.68. The van der Waals surface area contributed by atoms with E-state index in [1.807, 2.05) is 0 Å². The van der Waals surface area contributed by atoms with Crippen molar-refractivity contribution in [2.75, 3.05) is 0 Å². The molecule has 0 bridgehead atoms. The zero-order valence-corrected chi connectivity index (χ0v) is 8.92. The summed E-state index contributed by atoms with van der Waals surface area (Å²) in [5.41, 5.74) is 0.283. The fourth-order valence-corrected chi connectivity index (χ4v) is 2.00. The third-order valence-corrected chi connectivity index (χ3v) is 2.88. The van der Waals surface area contributed by atoms with Gasteiger partial charge in [-0.1, -0.05) is 12.1 Å². The van der Waals surface area contributed by atoms with Crippen molar-refractivity contribution in [3.8, 4) is 11.4 Å². The summed E-state index contributed by atoms with van der Waals surface area (Å²) >= 11 is 0. The van der Waals surface area contributed by atoms with Gasteiger partial charge in [-0.25, -0.2) is 9.97 Å². The van der Waals surface area contributed by atoms with Gasteiger partial charge in [-0.05, 0) is 18.2 Å². The molecular formula is C10H8N2O3S. The Bertz CT molecular complexity index is 596. The molecule has 0 aliphatic carbocycles. The van der Waals surface area contributed by atoms with Gasteiger partial charge in [0.05, 0.1) is 0 Å². The largest absolute Gasteiger partial charge is 0.295 e. The fraction of sp³-hybridized carbons (Fsp3) is 0. The summed E-state index contributed by atoms with van der Waals surface area (Å²) in [6, 6.07) is 7.65. The molecule has 1 N–H and O–H groups in total. The van der Waals surface area contributed by atoms with Crippen molar-refractivity contribution in [2.45, 2.75) is 4.90 Å². The number of benzene rings is 1. The van der Waals surface area contributed by atoms with Crippen LogP contribution in [0.25, 0.3) is 11.4 Å². The Kier molecular flexibility index (Phi) is 2.67. The smallest absolute Gasteiger partial charge is 0.282 e. The second-order valence-electron chi connectivity index (χ2n) is 3.04. The van der Waals surface area contributed by atoms with E-state index in [2.05, 4.69) is 9.97 Å². The quantitative estimate of drug-likeness (QED) is 0.797. The summed E-state index contributed by atoms with van der Waals surface area (Å²) < 4.78 is 31.3. The van der Waals surface area contributed by atoms with Crippen LogP contribution in [0.1, 0.15) is 0 Å². The summed E-state index contributed by atoms with van der Waals surface area (Å²) in [4.78, 5) is 7.68. The molecule has 5 nitrogen and oxygen atoms in total. The average molecular weight is 236 g/mol. The third kappa shape index (κ3) is 2.07. The van der Waals surface area contributed by atoms with Gasteiger partial charge < -0.3 is 0 Å². The van der Waals surface area contributed by atoms with E-state index in [-0.39, 0.29) is 16.3 Å². The molecular weight excluding hydrogens is 228 g/mol. The van der Waals surface area contributed by atoms with Crippen molar-refractivity contribution in [1.82, 2.24) is 9.97 Å². The van der Waals surface area contributed by atoms with Gasteiger partial charge in [0, 0.05) is 18.0 Å². The molecule has 82 valence electrons. The third-order valence-electron chi connectivity index (χ3n) is 1.97. The number of hydrogen-bond donors (Lipinski definition) is 1. The van der Waals surface area contributed by atoms with E-state index in [0.717, 1.165) is 0 Å². The zero-order valence-electron chi connectivity index (χ0n) is 8.11. The molecule has 0 aliphatic heterocycles. The molecule has 2 rings (SSSR count). The Hall–Kier alpha value is -1.79. The maximum atomic E-state index is 11.1. The van der Waals surface area contributed by atoms with E-state index in [9.17, 15) is 8.42 Å². The number of nitrogens with zero attached hydrogens (tertiary/aromatic N) is 2. The van der Waals surface area contributed by atoms with Gasteiger partial charge in [0.1, 0.15) is 4.90 Å². The Morgan fingerprint density at radius 3 is 2.25 bits per heavy atom. The highest BCUT2D eigenvalue weighted by Crippen LogP contribution is 2.23. The van der Waals surface area contributed by atoms with Gasteiger partial charge in [-0.3, -0.25) is 4.55 Å². The van der Waals surface area contributed by atoms with E-state index in [1.165, 1.54) is 24.5 Å². The van der Waals surface area contributed by atoms with Gasteiger partial charge in [0.2, 0.25) is 0 Å². The molecule has 0 atom stereocenters. The number of aromatic nitrogens is 2. The fourth-order valence-electron chi connectivity index (χ4n) is 1.31. The molecule has 2 aromatic rings. The molecule has 0 aliphatic rings. The first-order valence-electron chi connectivity index (χ1n) is 4.43. The van der Waals surface area contributed by atoms with Crippen molar-refractivity contribution in [1.29, 1.82) is 0 Å². The number of rotatable bonds is 2. The molecule has 1 aromatic heterocycles. The second-order valence-corrected chi connectivity index (χ2v) is 4.43. The van der Waals surface area contributed by atoms with Crippen molar-refractivity contribution >= 4 is 10.1 Å². The Labute approximate surface area is 92.6 Å². The van der Waals surface area contributed by atoms with Gasteiger partial charge in [0.25, 0.3) is 10.1 Å². The lowest BCUT2D eigenvalue weighted by molar-refractivity contribution is 0.483. The summed E-state index contributed by atoms with van der Waals surface area (Å²) in [6.45, 7) is 0. The minimum atomic E-state index is -4.26. The van der Waals surface area contributed by atoms with Crippen LogP contribution in [-0.2, 0) is 10.1 Å². The predicted octanol–water partition coefficient (Wildman–Crippen LogP) is 1.39. The van der Waals surface area contributed by atoms with Crippen LogP contribution >= 0.6 is 0 Å². The maximum absolute atomic E-state index is 11.1. The van der Waals surface area contributed by atoms with Gasteiger partial charge in [-0.15, -0.1) is 0 Å². The molecule has 0 saturated carbocycles. The highest BCUT2D eigenvalue weighted by Gasteiger charge is 2.16. The Morgan fingerprint density at radius 1 is 1.00 bits per heavy atom. The van der Waals surface area contributed by atoms with Crippen LogP contribution in [0.15, 0.2) is 47.6 Å². The lowest BCUT2D eigenvalue weighted by atomic mass is 10.2. The van der Waals surface area contributed by atoms with Crippen LogP contribution in [-0.4, -0.2) is 22.9 Å². The molecule has 0 fully saturated rings. The molecule has 0 spiro atoms. The molecule has 0 radical (unpaired) electrons. The standard InChI is InChI=1S/C10H8N2O3S/c13-16(14,15)9-5-2-1-4-8(9)10-11-6-3-7-12-10/h1-7H,(H,13,14,15). The normalized spacial score (nSPS) is 11.3. The topological polar surface area (TPSA) is 80.2 Å². The summed E-state index contributed by atoms with van der Waals surface area (Å²) in [6.07, 6.45) is 3.01. The Morgan fingerprint density at radius 2 is 1.62 bits per heavy atom. The van der Waals surface area contributed by atoms with Gasteiger partial charge in [-0.2, -0.15) is 8.42 Å². The molecule has 1 aromatic carbocycles. The van der Waals surface area contributed by atoms with Crippen LogP contribution in [0, 0.1) is 0 Å². The second kappa shape index (κ2) is 3.99. The molecule has 16 heavy (non-hydrogen) atoms. The van der Waals surface area contributed by atoms with E-state index >= 15 is 0 Å². The summed E-state index contributed by atoms with van der Waals surface area (Å²) in [5.74, 6) is 0.260. The van der Waals surface area contributed by atoms with Crippen LogP contribution in [0.2, 0.25) is 0 Å². The van der Waals surface area contributed by atoms with Crippen molar-refractivity contribution in [3.63, 3.8) is 0 Å². The first-order valence-corrected chi connectivity index (χ1v) is 5.87. The maximum Gasteiger partial charge on any atom is 0.295 e. The molecule has 0 saturated heterocycles. The van der Waals surface area contributed by atoms with Crippen LogP contribution in [0.3, 0.4) is 0 Å². The predicted molar refractivity (Wildman–Crippen MR) is 57.3 cm³/mol. The van der Waals surface area contributed by atoms with E-state index < -0.39 is 10.1 Å².